The van der Waals surface area contributed by atoms with Crippen LogP contribution in [0.2, 0.25) is 0 Å². The lowest BCUT2D eigenvalue weighted by Crippen LogP contribution is -2.37. The first-order chi connectivity index (χ1) is 9.82. The van der Waals surface area contributed by atoms with E-state index in [2.05, 4.69) is 15.9 Å². The van der Waals surface area contributed by atoms with E-state index < -0.39 is 10.0 Å². The Bertz CT molecular complexity index is 560. The molecular weight excluding hydrogens is 358 g/mol. The van der Waals surface area contributed by atoms with Crippen molar-refractivity contribution in [3.05, 3.63) is 28.2 Å². The maximum absolute atomic E-state index is 12.8. The van der Waals surface area contributed by atoms with E-state index in [9.17, 15) is 13.5 Å². The first-order valence-electron chi connectivity index (χ1n) is 6.71. The van der Waals surface area contributed by atoms with E-state index in [1.54, 1.807) is 19.2 Å². The van der Waals surface area contributed by atoms with Crippen LogP contribution in [0.25, 0.3) is 0 Å². The van der Waals surface area contributed by atoms with Crippen LogP contribution in [0.3, 0.4) is 0 Å². The van der Waals surface area contributed by atoms with Gasteiger partial charge in [-0.2, -0.15) is 4.31 Å². The molecule has 5 nitrogen and oxygen atoms in total. The first kappa shape index (κ1) is 18.6. The predicted octanol–water partition coefficient (Wildman–Crippen LogP) is 2.23. The van der Waals surface area contributed by atoms with Gasteiger partial charge in [-0.3, -0.25) is 0 Å². The molecule has 120 valence electrons. The van der Waals surface area contributed by atoms with Gasteiger partial charge in [-0.25, -0.2) is 8.42 Å². The van der Waals surface area contributed by atoms with Gasteiger partial charge in [-0.15, -0.1) is 0 Å². The molecule has 0 radical (unpaired) electrons. The molecule has 0 fully saturated rings. The van der Waals surface area contributed by atoms with Crippen LogP contribution < -0.4 is 0 Å². The standard InChI is InChI=1S/C14H22BrNO4S/c1-11(2)9-16(6-7-20-3)21(18,19)14-8-12(10-17)4-5-13(14)15/h4-5,8,11,17H,6-7,9-10H2,1-3H3. The molecule has 0 aliphatic heterocycles. The van der Waals surface area contributed by atoms with Crippen LogP contribution >= 0.6 is 15.9 Å². The lowest BCUT2D eigenvalue weighted by atomic mass is 10.2. The van der Waals surface area contributed by atoms with E-state index in [1.807, 2.05) is 13.8 Å². The maximum atomic E-state index is 12.8. The van der Waals surface area contributed by atoms with E-state index in [0.29, 0.717) is 29.7 Å². The minimum Gasteiger partial charge on any atom is -0.392 e. The Morgan fingerprint density at radius 2 is 2.05 bits per heavy atom. The van der Waals surface area contributed by atoms with Gasteiger partial charge in [-0.05, 0) is 39.5 Å². The second kappa shape index (κ2) is 8.24. The molecule has 0 aliphatic carbocycles. The monoisotopic (exact) mass is 379 g/mol. The van der Waals surface area contributed by atoms with Gasteiger partial charge in [0.2, 0.25) is 10.0 Å². The van der Waals surface area contributed by atoms with Crippen LogP contribution in [0.5, 0.6) is 0 Å². The Morgan fingerprint density at radius 3 is 2.57 bits per heavy atom. The smallest absolute Gasteiger partial charge is 0.244 e. The topological polar surface area (TPSA) is 66.8 Å². The van der Waals surface area contributed by atoms with Crippen LogP contribution in [0.1, 0.15) is 19.4 Å². The fraction of sp³-hybridized carbons (Fsp3) is 0.571. The van der Waals surface area contributed by atoms with Crippen LogP contribution in [0.4, 0.5) is 0 Å². The lowest BCUT2D eigenvalue weighted by Gasteiger charge is -2.24. The number of sulfonamides is 1. The Hall–Kier alpha value is -0.470. The molecular formula is C14H22BrNO4S. The summed E-state index contributed by atoms with van der Waals surface area (Å²) >= 11 is 3.28. The fourth-order valence-corrected chi connectivity index (χ4v) is 4.46. The van der Waals surface area contributed by atoms with Crippen molar-refractivity contribution in [2.75, 3.05) is 26.8 Å². The van der Waals surface area contributed by atoms with Crippen LogP contribution in [0, 0.1) is 5.92 Å². The van der Waals surface area contributed by atoms with Crippen molar-refractivity contribution < 1.29 is 18.3 Å². The molecule has 0 atom stereocenters. The molecule has 0 saturated carbocycles. The lowest BCUT2D eigenvalue weighted by molar-refractivity contribution is 0.175. The summed E-state index contributed by atoms with van der Waals surface area (Å²) in [5.74, 6) is 0.205. The molecule has 0 bridgehead atoms. The maximum Gasteiger partial charge on any atom is 0.244 e. The number of halogens is 1. The zero-order valence-electron chi connectivity index (χ0n) is 12.5. The van der Waals surface area contributed by atoms with Crippen LogP contribution in [-0.4, -0.2) is 44.6 Å². The summed E-state index contributed by atoms with van der Waals surface area (Å²) in [7, 11) is -2.09. The molecule has 0 saturated heterocycles. The van der Waals surface area contributed by atoms with E-state index in [1.165, 1.54) is 10.4 Å². The molecule has 1 rings (SSSR count). The molecule has 1 aromatic rings. The third kappa shape index (κ3) is 5.03. The highest BCUT2D eigenvalue weighted by molar-refractivity contribution is 9.10. The molecule has 1 N–H and O–H groups in total. The van der Waals surface area contributed by atoms with Gasteiger partial charge in [0.15, 0.2) is 0 Å². The number of methoxy groups -OCH3 is 1. The molecule has 7 heteroatoms. The number of nitrogens with zero attached hydrogens (tertiary/aromatic N) is 1. The van der Waals surface area contributed by atoms with Crippen molar-refractivity contribution in [2.45, 2.75) is 25.3 Å². The normalized spacial score (nSPS) is 12.3. The second-order valence-corrected chi connectivity index (χ2v) is 7.93. The van der Waals surface area contributed by atoms with Gasteiger partial charge in [0, 0.05) is 24.7 Å². The highest BCUT2D eigenvalue weighted by Crippen LogP contribution is 2.27. The highest BCUT2D eigenvalue weighted by Gasteiger charge is 2.27. The van der Waals surface area contributed by atoms with Crippen molar-refractivity contribution in [3.63, 3.8) is 0 Å². The molecule has 21 heavy (non-hydrogen) atoms. The third-order valence-electron chi connectivity index (χ3n) is 2.91. The highest BCUT2D eigenvalue weighted by atomic mass is 79.9. The van der Waals surface area contributed by atoms with Gasteiger partial charge in [0.1, 0.15) is 0 Å². The molecule has 0 aromatic heterocycles. The van der Waals surface area contributed by atoms with Gasteiger partial charge >= 0.3 is 0 Å². The summed E-state index contributed by atoms with van der Waals surface area (Å²) in [5, 5.41) is 9.20. The predicted molar refractivity (Wildman–Crippen MR) is 85.5 cm³/mol. The summed E-state index contributed by atoms with van der Waals surface area (Å²) in [6, 6.07) is 4.83. The van der Waals surface area contributed by atoms with Gasteiger partial charge in [-0.1, -0.05) is 19.9 Å². The molecule has 0 spiro atoms. The molecule has 0 amide bonds. The fourth-order valence-electron chi connectivity index (χ4n) is 1.89. The minimum atomic E-state index is -3.64. The van der Waals surface area contributed by atoms with Gasteiger partial charge in [0.25, 0.3) is 0 Å². The summed E-state index contributed by atoms with van der Waals surface area (Å²) in [6.07, 6.45) is 0. The van der Waals surface area contributed by atoms with E-state index in [-0.39, 0.29) is 17.4 Å². The number of hydrogen-bond acceptors (Lipinski definition) is 4. The zero-order chi connectivity index (χ0) is 16.0. The quantitative estimate of drug-likeness (QED) is 0.751. The number of benzene rings is 1. The van der Waals surface area contributed by atoms with Crippen molar-refractivity contribution in [1.29, 1.82) is 0 Å². The largest absolute Gasteiger partial charge is 0.392 e. The number of rotatable bonds is 8. The summed E-state index contributed by atoms with van der Waals surface area (Å²) in [6.45, 7) is 4.79. The zero-order valence-corrected chi connectivity index (χ0v) is 14.9. The molecule has 1 aromatic carbocycles. The number of hydrogen-bond donors (Lipinski definition) is 1. The van der Waals surface area contributed by atoms with Crippen molar-refractivity contribution >= 4 is 26.0 Å². The van der Waals surface area contributed by atoms with E-state index in [0.717, 1.165) is 0 Å². The Morgan fingerprint density at radius 1 is 1.38 bits per heavy atom. The summed E-state index contributed by atoms with van der Waals surface area (Å²) in [5.41, 5.74) is 0.563. The SMILES string of the molecule is COCCN(CC(C)C)S(=O)(=O)c1cc(CO)ccc1Br. The Balaban J connectivity index is 3.20. The van der Waals surface area contributed by atoms with E-state index >= 15 is 0 Å². The first-order valence-corrected chi connectivity index (χ1v) is 8.94. The summed E-state index contributed by atoms with van der Waals surface area (Å²) in [4.78, 5) is 0.172. The second-order valence-electron chi connectivity index (χ2n) is 5.17. The Kier molecular flexibility index (Phi) is 7.29. The van der Waals surface area contributed by atoms with Crippen LogP contribution in [-0.2, 0) is 21.4 Å². The number of aliphatic hydroxyl groups is 1. The molecule has 0 heterocycles. The van der Waals surface area contributed by atoms with Crippen molar-refractivity contribution in [3.8, 4) is 0 Å². The van der Waals surface area contributed by atoms with Crippen molar-refractivity contribution in [1.82, 2.24) is 4.31 Å². The van der Waals surface area contributed by atoms with Gasteiger partial charge < -0.3 is 9.84 Å². The average Bonchev–Trinajstić information content (AvgIpc) is 2.43. The number of ether oxygens (including phenoxy) is 1. The van der Waals surface area contributed by atoms with Crippen molar-refractivity contribution in [2.24, 2.45) is 5.92 Å². The molecule has 0 aliphatic rings. The Labute approximate surface area is 135 Å². The molecule has 0 unspecified atom stereocenters. The third-order valence-corrected chi connectivity index (χ3v) is 5.77. The van der Waals surface area contributed by atoms with Gasteiger partial charge in [0.05, 0.1) is 18.1 Å². The van der Waals surface area contributed by atoms with E-state index in [4.69, 9.17) is 4.74 Å². The number of aliphatic hydroxyl groups excluding tert-OH is 1. The average molecular weight is 380 g/mol. The minimum absolute atomic E-state index is 0.172. The van der Waals surface area contributed by atoms with Crippen LogP contribution in [0.15, 0.2) is 27.6 Å². The summed E-state index contributed by atoms with van der Waals surface area (Å²) < 4.78 is 32.6.